The topological polar surface area (TPSA) is 20.2 Å². The van der Waals surface area contributed by atoms with Crippen molar-refractivity contribution in [2.45, 2.75) is 38.7 Å². The Bertz CT molecular complexity index is 268. The fraction of sp³-hybridized carbons (Fsp3) is 0.667. The van der Waals surface area contributed by atoms with Gasteiger partial charge in [0, 0.05) is 4.88 Å². The van der Waals surface area contributed by atoms with Crippen molar-refractivity contribution < 1.29 is 5.11 Å². The van der Waals surface area contributed by atoms with Gasteiger partial charge >= 0.3 is 0 Å². The van der Waals surface area contributed by atoms with Gasteiger partial charge in [0.15, 0.2) is 0 Å². The molecule has 3 atom stereocenters. The summed E-state index contributed by atoms with van der Waals surface area (Å²) in [4.78, 5) is 1.15. The van der Waals surface area contributed by atoms with Crippen LogP contribution in [0.3, 0.4) is 0 Å². The molecule has 0 spiro atoms. The maximum Gasteiger partial charge on any atom is 0.0910 e. The zero-order valence-corrected chi connectivity index (χ0v) is 9.46. The molecular weight excluding hydrogens is 192 g/mol. The lowest BCUT2D eigenvalue weighted by molar-refractivity contribution is 0.112. The molecule has 1 nitrogen and oxygen atoms in total. The van der Waals surface area contributed by atoms with E-state index in [2.05, 4.69) is 13.0 Å². The van der Waals surface area contributed by atoms with Gasteiger partial charge in [0.05, 0.1) is 6.10 Å². The lowest BCUT2D eigenvalue weighted by Gasteiger charge is -2.16. The Hall–Kier alpha value is -0.340. The van der Waals surface area contributed by atoms with Crippen LogP contribution in [0.2, 0.25) is 0 Å². The smallest absolute Gasteiger partial charge is 0.0910 e. The van der Waals surface area contributed by atoms with Gasteiger partial charge in [-0.15, -0.1) is 11.3 Å². The van der Waals surface area contributed by atoms with Crippen molar-refractivity contribution in [2.24, 2.45) is 11.8 Å². The summed E-state index contributed by atoms with van der Waals surface area (Å²) >= 11 is 1.68. The van der Waals surface area contributed by atoms with Crippen molar-refractivity contribution in [1.29, 1.82) is 0 Å². The van der Waals surface area contributed by atoms with Crippen molar-refractivity contribution in [3.63, 3.8) is 0 Å². The van der Waals surface area contributed by atoms with E-state index in [9.17, 15) is 5.11 Å². The first-order valence-electron chi connectivity index (χ1n) is 5.52. The molecule has 0 radical (unpaired) electrons. The first-order chi connectivity index (χ1) is 6.81. The maximum atomic E-state index is 10.1. The second kappa shape index (κ2) is 4.45. The van der Waals surface area contributed by atoms with Crippen molar-refractivity contribution in [3.8, 4) is 0 Å². The molecule has 1 aromatic heterocycles. The van der Waals surface area contributed by atoms with E-state index in [4.69, 9.17) is 0 Å². The van der Waals surface area contributed by atoms with Crippen LogP contribution in [0.25, 0.3) is 0 Å². The summed E-state index contributed by atoms with van der Waals surface area (Å²) in [6, 6.07) is 4.07. The molecule has 0 bridgehead atoms. The van der Waals surface area contributed by atoms with Crippen LogP contribution in [0.1, 0.15) is 43.6 Å². The summed E-state index contributed by atoms with van der Waals surface area (Å²) in [6.45, 7) is 2.25. The van der Waals surface area contributed by atoms with Crippen LogP contribution in [0.5, 0.6) is 0 Å². The minimum absolute atomic E-state index is 0.202. The zero-order chi connectivity index (χ0) is 9.97. The van der Waals surface area contributed by atoms with Gasteiger partial charge < -0.3 is 5.11 Å². The molecule has 3 unspecified atom stereocenters. The molecule has 1 aliphatic rings. The van der Waals surface area contributed by atoms with Crippen LogP contribution in [-0.4, -0.2) is 5.11 Å². The molecule has 1 aromatic rings. The third-order valence-electron chi connectivity index (χ3n) is 3.44. The van der Waals surface area contributed by atoms with E-state index < -0.39 is 0 Å². The van der Waals surface area contributed by atoms with Crippen LogP contribution in [0.15, 0.2) is 17.5 Å². The van der Waals surface area contributed by atoms with Crippen LogP contribution >= 0.6 is 11.3 Å². The van der Waals surface area contributed by atoms with Gasteiger partial charge in [-0.1, -0.05) is 25.8 Å². The largest absolute Gasteiger partial charge is 0.387 e. The van der Waals surface area contributed by atoms with Crippen molar-refractivity contribution in [2.75, 3.05) is 0 Å². The van der Waals surface area contributed by atoms with E-state index in [-0.39, 0.29) is 6.10 Å². The van der Waals surface area contributed by atoms with Crippen molar-refractivity contribution in [1.82, 2.24) is 0 Å². The van der Waals surface area contributed by atoms with E-state index in [0.29, 0.717) is 5.92 Å². The molecule has 0 amide bonds. The Kier molecular flexibility index (Phi) is 3.24. The highest BCUT2D eigenvalue weighted by atomic mass is 32.1. The number of hydrogen-bond acceptors (Lipinski definition) is 2. The molecule has 1 aliphatic carbocycles. The number of aliphatic hydroxyl groups excluding tert-OH is 1. The maximum absolute atomic E-state index is 10.1. The van der Waals surface area contributed by atoms with Crippen LogP contribution in [0.4, 0.5) is 0 Å². The number of thiophene rings is 1. The lowest BCUT2D eigenvalue weighted by Crippen LogP contribution is -2.08. The quantitative estimate of drug-likeness (QED) is 0.808. The van der Waals surface area contributed by atoms with Gasteiger partial charge in [-0.3, -0.25) is 0 Å². The molecule has 0 aliphatic heterocycles. The third kappa shape index (κ3) is 2.01. The monoisotopic (exact) mass is 210 g/mol. The average Bonchev–Trinajstić information content (AvgIpc) is 2.88. The standard InChI is InChI=1S/C12H18OS/c1-2-9-5-6-10(8-9)12(13)11-4-3-7-14-11/h3-4,7,9-10,12-13H,2,5-6,8H2,1H3. The zero-order valence-electron chi connectivity index (χ0n) is 8.65. The molecule has 2 heteroatoms. The number of hydrogen-bond donors (Lipinski definition) is 1. The summed E-state index contributed by atoms with van der Waals surface area (Å²) < 4.78 is 0. The summed E-state index contributed by atoms with van der Waals surface area (Å²) in [6.07, 6.45) is 4.80. The minimum atomic E-state index is -0.202. The highest BCUT2D eigenvalue weighted by Crippen LogP contribution is 2.41. The van der Waals surface area contributed by atoms with Gasteiger partial charge in [0.25, 0.3) is 0 Å². The van der Waals surface area contributed by atoms with Crippen molar-refractivity contribution in [3.05, 3.63) is 22.4 Å². The number of rotatable bonds is 3. The summed E-state index contributed by atoms with van der Waals surface area (Å²) in [7, 11) is 0. The number of aliphatic hydroxyl groups is 1. The predicted octanol–water partition coefficient (Wildman–Crippen LogP) is 3.61. The molecule has 1 saturated carbocycles. The van der Waals surface area contributed by atoms with Crippen LogP contribution in [-0.2, 0) is 0 Å². The average molecular weight is 210 g/mol. The fourth-order valence-corrected chi connectivity index (χ4v) is 3.27. The molecule has 0 aromatic carbocycles. The molecule has 78 valence electrons. The molecular formula is C12H18OS. The third-order valence-corrected chi connectivity index (χ3v) is 4.38. The van der Waals surface area contributed by atoms with Gasteiger partial charge in [0.2, 0.25) is 0 Å². The summed E-state index contributed by atoms with van der Waals surface area (Å²) in [5.41, 5.74) is 0. The molecule has 0 saturated heterocycles. The van der Waals surface area contributed by atoms with Gasteiger partial charge in [0.1, 0.15) is 0 Å². The van der Waals surface area contributed by atoms with Crippen LogP contribution in [0, 0.1) is 11.8 Å². The SMILES string of the molecule is CCC1CCC(C(O)c2cccs2)C1. The van der Waals surface area contributed by atoms with Gasteiger partial charge in [-0.25, -0.2) is 0 Å². The second-order valence-electron chi connectivity index (χ2n) is 4.31. The second-order valence-corrected chi connectivity index (χ2v) is 5.29. The van der Waals surface area contributed by atoms with E-state index >= 15 is 0 Å². The predicted molar refractivity (Wildman–Crippen MR) is 60.4 cm³/mol. The first-order valence-corrected chi connectivity index (χ1v) is 6.40. The van der Waals surface area contributed by atoms with E-state index in [1.165, 1.54) is 25.7 Å². The highest BCUT2D eigenvalue weighted by molar-refractivity contribution is 7.10. The Morgan fingerprint density at radius 3 is 3.00 bits per heavy atom. The van der Waals surface area contributed by atoms with E-state index in [0.717, 1.165) is 10.8 Å². The first kappa shape index (κ1) is 10.2. The Morgan fingerprint density at radius 2 is 2.43 bits per heavy atom. The summed E-state index contributed by atoms with van der Waals surface area (Å²) in [5.74, 6) is 1.37. The molecule has 14 heavy (non-hydrogen) atoms. The molecule has 1 heterocycles. The molecule has 1 N–H and O–H groups in total. The lowest BCUT2D eigenvalue weighted by atomic mass is 9.97. The fourth-order valence-electron chi connectivity index (χ4n) is 2.46. The van der Waals surface area contributed by atoms with E-state index in [1.54, 1.807) is 11.3 Å². The van der Waals surface area contributed by atoms with Gasteiger partial charge in [-0.2, -0.15) is 0 Å². The normalized spacial score (nSPS) is 29.3. The molecule has 1 fully saturated rings. The highest BCUT2D eigenvalue weighted by Gasteiger charge is 2.29. The Labute approximate surface area is 89.8 Å². The molecule has 2 rings (SSSR count). The van der Waals surface area contributed by atoms with E-state index in [1.807, 2.05) is 11.4 Å². The Morgan fingerprint density at radius 1 is 1.57 bits per heavy atom. The van der Waals surface area contributed by atoms with Gasteiger partial charge in [-0.05, 0) is 36.1 Å². The summed E-state index contributed by atoms with van der Waals surface area (Å²) in [5, 5.41) is 12.2. The Balaban J connectivity index is 1.97. The van der Waals surface area contributed by atoms with Crippen LogP contribution < -0.4 is 0 Å². The van der Waals surface area contributed by atoms with Crippen molar-refractivity contribution >= 4 is 11.3 Å². The minimum Gasteiger partial charge on any atom is -0.387 e.